The van der Waals surface area contributed by atoms with Crippen molar-refractivity contribution in [3.8, 4) is 0 Å². The van der Waals surface area contributed by atoms with Gasteiger partial charge in [-0.25, -0.2) is 4.99 Å². The van der Waals surface area contributed by atoms with Gasteiger partial charge < -0.3 is 25.0 Å². The smallest absolute Gasteiger partial charge is 0.243 e. The molecule has 4 fully saturated rings. The predicted octanol–water partition coefficient (Wildman–Crippen LogP) is 0.908. The number of carbonyl (C=O) groups excluding carboxylic acids is 1. The summed E-state index contributed by atoms with van der Waals surface area (Å²) in [6.45, 7) is 6.40. The number of morpholine rings is 1. The molecule has 4 rings (SSSR count). The number of likely N-dealkylation sites (N-methyl/N-ethyl adjacent to an activating group) is 1. The van der Waals surface area contributed by atoms with Crippen molar-refractivity contribution in [3.05, 3.63) is 0 Å². The number of nitrogens with zero attached hydrogens (tertiary/aromatic N) is 3. The fourth-order valence-electron chi connectivity index (χ4n) is 5.65. The lowest BCUT2D eigenvalue weighted by Gasteiger charge is -2.57. The molecule has 2 saturated heterocycles. The second-order valence-corrected chi connectivity index (χ2v) is 9.14. The molecule has 0 bridgehead atoms. The number of hydrogen-bond donors (Lipinski definition) is 2. The van der Waals surface area contributed by atoms with Crippen molar-refractivity contribution < 1.29 is 14.3 Å². The van der Waals surface area contributed by atoms with E-state index in [1.54, 1.807) is 19.0 Å². The summed E-state index contributed by atoms with van der Waals surface area (Å²) in [5, 5.41) is 7.23. The van der Waals surface area contributed by atoms with Crippen molar-refractivity contribution in [2.75, 3.05) is 66.6 Å². The summed E-state index contributed by atoms with van der Waals surface area (Å²) < 4.78 is 11.5. The summed E-state index contributed by atoms with van der Waals surface area (Å²) in [5.41, 5.74) is 0.263. The summed E-state index contributed by atoms with van der Waals surface area (Å²) in [5.74, 6) is 1.37. The molecule has 0 aromatic carbocycles. The summed E-state index contributed by atoms with van der Waals surface area (Å²) in [7, 11) is 3.55. The van der Waals surface area contributed by atoms with E-state index in [9.17, 15) is 4.79 Å². The molecule has 9 heteroatoms. The number of ether oxygens (including phenoxy) is 2. The molecule has 2 heterocycles. The monoisotopic (exact) mass is 535 g/mol. The predicted molar refractivity (Wildman–Crippen MR) is 127 cm³/mol. The molecule has 0 radical (unpaired) electrons. The van der Waals surface area contributed by atoms with Crippen molar-refractivity contribution in [1.82, 2.24) is 20.4 Å². The number of guanidine groups is 1. The van der Waals surface area contributed by atoms with Crippen LogP contribution < -0.4 is 10.6 Å². The fraction of sp³-hybridized carbons (Fsp3) is 0.905. The minimum atomic E-state index is 0. The number of amides is 1. The van der Waals surface area contributed by atoms with Crippen molar-refractivity contribution in [2.45, 2.75) is 44.2 Å². The molecule has 3 unspecified atom stereocenters. The molecule has 8 nitrogen and oxygen atoms in total. The van der Waals surface area contributed by atoms with E-state index in [1.165, 1.54) is 25.7 Å². The Labute approximate surface area is 197 Å². The summed E-state index contributed by atoms with van der Waals surface area (Å²) in [4.78, 5) is 20.7. The minimum Gasteiger partial charge on any atom is -0.379 e. The number of hydrogen-bond acceptors (Lipinski definition) is 5. The summed E-state index contributed by atoms with van der Waals surface area (Å²) >= 11 is 0. The molecule has 172 valence electrons. The van der Waals surface area contributed by atoms with Crippen LogP contribution >= 0.6 is 24.0 Å². The SMILES string of the molecule is CN(C)C(=O)CN=C(NCCN1CCOCC1)NC1C2CCOC2C12CCCC2.I. The summed E-state index contributed by atoms with van der Waals surface area (Å²) in [6.07, 6.45) is 6.61. The molecule has 0 aromatic rings. The number of fused-ring (bicyclic) bond motifs is 2. The first kappa shape index (κ1) is 24.0. The Hall–Kier alpha value is -0.650. The topological polar surface area (TPSA) is 78.4 Å². The standard InChI is InChI=1S/C21H37N5O3.HI/c1-25(2)17(27)15-23-20(22-8-9-26-10-13-28-14-11-26)24-18-16-5-12-29-19(16)21(18)6-3-4-7-21;/h16,18-19H,3-15H2,1-2H3,(H2,22,23,24);1H. The Morgan fingerprint density at radius 3 is 2.63 bits per heavy atom. The molecule has 2 N–H and O–H groups in total. The highest BCUT2D eigenvalue weighted by Crippen LogP contribution is 2.60. The van der Waals surface area contributed by atoms with Crippen LogP contribution in [0.5, 0.6) is 0 Å². The second kappa shape index (κ2) is 10.8. The lowest BCUT2D eigenvalue weighted by atomic mass is 9.54. The highest BCUT2D eigenvalue weighted by atomic mass is 127. The van der Waals surface area contributed by atoms with E-state index in [1.807, 2.05) is 0 Å². The van der Waals surface area contributed by atoms with Crippen molar-refractivity contribution >= 4 is 35.8 Å². The van der Waals surface area contributed by atoms with Gasteiger partial charge in [-0.05, 0) is 19.3 Å². The molecule has 2 aliphatic carbocycles. The van der Waals surface area contributed by atoms with E-state index < -0.39 is 0 Å². The zero-order valence-corrected chi connectivity index (χ0v) is 20.7. The van der Waals surface area contributed by atoms with Crippen LogP contribution in [0.25, 0.3) is 0 Å². The Morgan fingerprint density at radius 2 is 1.93 bits per heavy atom. The Balaban J connectivity index is 0.00000256. The van der Waals surface area contributed by atoms with Crippen LogP contribution in [0.15, 0.2) is 4.99 Å². The number of nitrogens with one attached hydrogen (secondary N) is 2. The number of aliphatic imine (C=N–C) groups is 1. The van der Waals surface area contributed by atoms with E-state index >= 15 is 0 Å². The van der Waals surface area contributed by atoms with Gasteiger partial charge in [0.15, 0.2) is 5.96 Å². The molecule has 1 amide bonds. The maximum atomic E-state index is 12.1. The average molecular weight is 535 g/mol. The molecule has 3 atom stereocenters. The fourth-order valence-corrected chi connectivity index (χ4v) is 5.65. The number of carbonyl (C=O) groups is 1. The first-order valence-corrected chi connectivity index (χ1v) is 11.3. The van der Waals surface area contributed by atoms with Crippen LogP contribution in [0.4, 0.5) is 0 Å². The maximum absolute atomic E-state index is 12.1. The summed E-state index contributed by atoms with van der Waals surface area (Å²) in [6, 6.07) is 0.404. The third kappa shape index (κ3) is 5.05. The van der Waals surface area contributed by atoms with Crippen LogP contribution in [-0.2, 0) is 14.3 Å². The Morgan fingerprint density at radius 1 is 1.20 bits per heavy atom. The quantitative estimate of drug-likeness (QED) is 0.299. The molecular weight excluding hydrogens is 497 g/mol. The zero-order valence-electron chi connectivity index (χ0n) is 18.4. The van der Waals surface area contributed by atoms with Crippen LogP contribution in [0.1, 0.15) is 32.1 Å². The van der Waals surface area contributed by atoms with Crippen LogP contribution in [0.2, 0.25) is 0 Å². The van der Waals surface area contributed by atoms with E-state index in [4.69, 9.17) is 9.47 Å². The highest BCUT2D eigenvalue weighted by molar-refractivity contribution is 14.0. The van der Waals surface area contributed by atoms with Crippen molar-refractivity contribution in [2.24, 2.45) is 16.3 Å². The zero-order chi connectivity index (χ0) is 20.3. The molecule has 0 aromatic heterocycles. The Bertz CT molecular complexity index is 605. The normalized spacial score (nSPS) is 30.3. The first-order valence-electron chi connectivity index (χ1n) is 11.3. The third-order valence-corrected chi connectivity index (χ3v) is 7.27. The van der Waals surface area contributed by atoms with Gasteiger partial charge in [-0.2, -0.15) is 0 Å². The average Bonchev–Trinajstić information content (AvgIpc) is 3.39. The van der Waals surface area contributed by atoms with Gasteiger partial charge in [0.1, 0.15) is 6.54 Å². The molecule has 2 aliphatic heterocycles. The van der Waals surface area contributed by atoms with Crippen LogP contribution in [0.3, 0.4) is 0 Å². The molecule has 4 aliphatic rings. The molecule has 1 spiro atoms. The van der Waals surface area contributed by atoms with Gasteiger partial charge in [0, 0.05) is 64.3 Å². The van der Waals surface area contributed by atoms with E-state index in [2.05, 4.69) is 20.5 Å². The van der Waals surface area contributed by atoms with Gasteiger partial charge in [0.05, 0.1) is 19.3 Å². The van der Waals surface area contributed by atoms with Gasteiger partial charge >= 0.3 is 0 Å². The van der Waals surface area contributed by atoms with Crippen LogP contribution in [0, 0.1) is 11.3 Å². The van der Waals surface area contributed by atoms with Crippen molar-refractivity contribution in [1.29, 1.82) is 0 Å². The molecular formula is C21H38IN5O3. The van der Waals surface area contributed by atoms with E-state index in [0.717, 1.165) is 58.4 Å². The molecule has 30 heavy (non-hydrogen) atoms. The second-order valence-electron chi connectivity index (χ2n) is 9.14. The van der Waals surface area contributed by atoms with E-state index in [0.29, 0.717) is 18.1 Å². The van der Waals surface area contributed by atoms with Crippen LogP contribution in [-0.4, -0.2) is 100 Å². The number of rotatable bonds is 6. The Kier molecular flexibility index (Phi) is 8.63. The van der Waals surface area contributed by atoms with Gasteiger partial charge in [-0.3, -0.25) is 9.69 Å². The van der Waals surface area contributed by atoms with Gasteiger partial charge in [0.2, 0.25) is 5.91 Å². The van der Waals surface area contributed by atoms with E-state index in [-0.39, 0.29) is 41.8 Å². The minimum absolute atomic E-state index is 0. The lowest BCUT2D eigenvalue weighted by molar-refractivity contribution is -0.127. The van der Waals surface area contributed by atoms with Crippen molar-refractivity contribution in [3.63, 3.8) is 0 Å². The van der Waals surface area contributed by atoms with Gasteiger partial charge in [-0.1, -0.05) is 12.8 Å². The maximum Gasteiger partial charge on any atom is 0.243 e. The first-order chi connectivity index (χ1) is 14.1. The molecule has 2 saturated carbocycles. The van der Waals surface area contributed by atoms with Gasteiger partial charge in [-0.15, -0.1) is 24.0 Å². The lowest BCUT2D eigenvalue weighted by Crippen LogP contribution is -2.69. The highest BCUT2D eigenvalue weighted by Gasteiger charge is 2.65. The number of halogens is 1. The van der Waals surface area contributed by atoms with Gasteiger partial charge in [0.25, 0.3) is 0 Å². The largest absolute Gasteiger partial charge is 0.379 e. The third-order valence-electron chi connectivity index (χ3n) is 7.27.